The molecule has 9 heteroatoms. The fraction of sp³-hybridized carbons (Fsp3) is 0.536. The molecule has 0 saturated heterocycles. The molecule has 3 aliphatic carbocycles. The lowest BCUT2D eigenvalue weighted by molar-refractivity contribution is -0.147. The highest BCUT2D eigenvalue weighted by Crippen LogP contribution is 2.53. The van der Waals surface area contributed by atoms with Gasteiger partial charge in [0.1, 0.15) is 22.8 Å². The molecule has 1 aromatic rings. The molecule has 1 aromatic carbocycles. The van der Waals surface area contributed by atoms with Crippen molar-refractivity contribution in [1.82, 2.24) is 5.32 Å². The smallest absolute Gasteiger partial charge is 0.255 e. The Morgan fingerprint density at radius 2 is 1.84 bits per heavy atom. The van der Waals surface area contributed by atoms with Gasteiger partial charge in [0, 0.05) is 36.6 Å². The van der Waals surface area contributed by atoms with Gasteiger partial charge in [-0.25, -0.2) is 0 Å². The minimum absolute atomic E-state index is 0.0171. The van der Waals surface area contributed by atoms with Crippen molar-refractivity contribution in [2.24, 2.45) is 23.0 Å². The zero-order valence-corrected chi connectivity index (χ0v) is 21.9. The van der Waals surface area contributed by atoms with Crippen molar-refractivity contribution in [3.63, 3.8) is 0 Å². The molecule has 37 heavy (non-hydrogen) atoms. The number of hydrogen-bond acceptors (Lipinski definition) is 8. The lowest BCUT2D eigenvalue weighted by Crippen LogP contribution is -2.58. The molecule has 0 heterocycles. The summed E-state index contributed by atoms with van der Waals surface area (Å²) in [6.07, 6.45) is 0.101. The van der Waals surface area contributed by atoms with E-state index in [-0.39, 0.29) is 41.1 Å². The van der Waals surface area contributed by atoms with Crippen molar-refractivity contribution in [1.29, 1.82) is 0 Å². The second-order valence-electron chi connectivity index (χ2n) is 12.1. The van der Waals surface area contributed by atoms with Crippen molar-refractivity contribution in [2.45, 2.75) is 71.9 Å². The number of carbonyl (C=O) groups is 3. The Bertz CT molecular complexity index is 1270. The van der Waals surface area contributed by atoms with Crippen LogP contribution >= 0.6 is 0 Å². The van der Waals surface area contributed by atoms with E-state index in [1.807, 2.05) is 19.9 Å². The molecule has 0 radical (unpaired) electrons. The van der Waals surface area contributed by atoms with E-state index in [9.17, 15) is 34.8 Å². The fourth-order valence-corrected chi connectivity index (χ4v) is 6.00. The van der Waals surface area contributed by atoms with Gasteiger partial charge in [-0.15, -0.1) is 0 Å². The molecule has 1 fully saturated rings. The number of nitrogens with one attached hydrogen (secondary N) is 1. The number of aliphatic hydroxyl groups is 3. The molecule has 7 N–H and O–H groups in total. The van der Waals surface area contributed by atoms with E-state index in [1.54, 1.807) is 0 Å². The molecule has 1 saturated carbocycles. The number of hydrogen-bond donors (Lipinski definition) is 6. The number of carbonyl (C=O) groups excluding carboxylic acids is 3. The quantitative estimate of drug-likeness (QED) is 0.327. The van der Waals surface area contributed by atoms with Gasteiger partial charge in [0.15, 0.2) is 11.4 Å². The molecule has 9 nitrogen and oxygen atoms in total. The maximum atomic E-state index is 13.7. The number of rotatable bonds is 5. The van der Waals surface area contributed by atoms with E-state index in [0.717, 1.165) is 11.1 Å². The number of Topliss-reactive ketones (excluding diaryl/α,β-unsaturated/α-hetero) is 2. The highest BCUT2D eigenvalue weighted by atomic mass is 16.3. The summed E-state index contributed by atoms with van der Waals surface area (Å²) >= 11 is 0. The first-order valence-electron chi connectivity index (χ1n) is 12.6. The third-order valence-electron chi connectivity index (χ3n) is 7.77. The number of benzene rings is 1. The van der Waals surface area contributed by atoms with Gasteiger partial charge in [-0.2, -0.15) is 0 Å². The standard InChI is InChI=1S/C28H36N2O7/c1-12(2)16-8-14(10-30-11-27(3,4)5)22(32)20-17(16)7-13-6-15-9-18(31)21(26(29)36)25(35)28(15,37)24(34)19(13)23(20)33/h8,12-13,15,30,32-33,35,37H,6-7,9-11H2,1-5H3,(H2,29,36)/t13-,15+,28+/m1/s1. The molecule has 1 amide bonds. The zero-order valence-electron chi connectivity index (χ0n) is 21.9. The summed E-state index contributed by atoms with van der Waals surface area (Å²) in [5.74, 6) is -6.07. The van der Waals surface area contributed by atoms with Crippen LogP contribution in [0.1, 0.15) is 75.6 Å². The van der Waals surface area contributed by atoms with Crippen LogP contribution in [0, 0.1) is 17.3 Å². The summed E-state index contributed by atoms with van der Waals surface area (Å²) in [5.41, 5.74) is 4.15. The highest BCUT2D eigenvalue weighted by Gasteiger charge is 2.60. The van der Waals surface area contributed by atoms with Crippen LogP contribution in [-0.2, 0) is 27.3 Å². The van der Waals surface area contributed by atoms with E-state index in [1.165, 1.54) is 0 Å². The number of nitrogens with two attached hydrogens (primary N) is 1. The summed E-state index contributed by atoms with van der Waals surface area (Å²) in [6, 6.07) is 1.92. The lowest BCUT2D eigenvalue weighted by atomic mass is 9.59. The maximum Gasteiger partial charge on any atom is 0.255 e. The second kappa shape index (κ2) is 8.99. The van der Waals surface area contributed by atoms with Gasteiger partial charge in [-0.3, -0.25) is 14.4 Å². The van der Waals surface area contributed by atoms with Crippen LogP contribution in [0.2, 0.25) is 0 Å². The van der Waals surface area contributed by atoms with E-state index >= 15 is 0 Å². The maximum absolute atomic E-state index is 13.7. The Kier molecular flexibility index (Phi) is 6.53. The normalized spacial score (nSPS) is 25.8. The minimum Gasteiger partial charge on any atom is -0.508 e. The van der Waals surface area contributed by atoms with E-state index in [4.69, 9.17) is 5.73 Å². The molecule has 0 spiro atoms. The Morgan fingerprint density at radius 1 is 1.19 bits per heavy atom. The van der Waals surface area contributed by atoms with Crippen molar-refractivity contribution in [3.05, 3.63) is 45.2 Å². The molecule has 0 aliphatic heterocycles. The number of primary amides is 1. The Morgan fingerprint density at radius 3 is 2.41 bits per heavy atom. The molecule has 200 valence electrons. The lowest BCUT2D eigenvalue weighted by Gasteiger charge is -2.46. The number of amides is 1. The Hall–Kier alpha value is -3.17. The molecule has 0 bridgehead atoms. The predicted molar refractivity (Wildman–Crippen MR) is 137 cm³/mol. The third kappa shape index (κ3) is 4.24. The van der Waals surface area contributed by atoms with E-state index in [0.29, 0.717) is 25.1 Å². The number of aliphatic hydroxyl groups excluding tert-OH is 2. The highest BCUT2D eigenvalue weighted by molar-refractivity contribution is 6.22. The average Bonchev–Trinajstić information content (AvgIpc) is 2.76. The number of phenolic OH excluding ortho intramolecular Hbond substituents is 1. The van der Waals surface area contributed by atoms with Gasteiger partial charge in [0.05, 0.1) is 5.56 Å². The van der Waals surface area contributed by atoms with Crippen LogP contribution in [0.25, 0.3) is 5.76 Å². The van der Waals surface area contributed by atoms with Gasteiger partial charge >= 0.3 is 0 Å². The number of fused-ring (bicyclic) bond motifs is 3. The van der Waals surface area contributed by atoms with Crippen molar-refractivity contribution in [2.75, 3.05) is 6.54 Å². The molecule has 3 atom stereocenters. The summed E-state index contributed by atoms with van der Waals surface area (Å²) < 4.78 is 0. The molecular formula is C28H36N2O7. The Balaban J connectivity index is 1.87. The largest absolute Gasteiger partial charge is 0.508 e. The molecule has 3 aliphatic rings. The summed E-state index contributed by atoms with van der Waals surface area (Å²) in [5, 5.41) is 48.1. The SMILES string of the molecule is CC(C)c1cc(CNCC(C)(C)C)c(O)c2c1C[C@H]1C[C@H]3CC(=O)C(C(N)=O)=C(O)[C@@]3(O)C(=O)C1=C2O. The average molecular weight is 513 g/mol. The molecule has 4 rings (SSSR count). The van der Waals surface area contributed by atoms with Gasteiger partial charge in [0.25, 0.3) is 5.91 Å². The topological polar surface area (TPSA) is 170 Å². The third-order valence-corrected chi connectivity index (χ3v) is 7.77. The summed E-state index contributed by atoms with van der Waals surface area (Å²) in [7, 11) is 0. The van der Waals surface area contributed by atoms with Crippen LogP contribution in [0.5, 0.6) is 5.75 Å². The van der Waals surface area contributed by atoms with Crippen molar-refractivity contribution in [3.8, 4) is 5.75 Å². The molecular weight excluding hydrogens is 476 g/mol. The zero-order chi connectivity index (χ0) is 27.6. The number of aromatic hydroxyl groups is 1. The first-order valence-corrected chi connectivity index (χ1v) is 12.6. The first-order chi connectivity index (χ1) is 17.1. The van der Waals surface area contributed by atoms with Gasteiger partial charge in [-0.1, -0.05) is 40.7 Å². The van der Waals surface area contributed by atoms with E-state index in [2.05, 4.69) is 26.1 Å². The number of ketones is 2. The van der Waals surface area contributed by atoms with Gasteiger partial charge in [-0.05, 0) is 41.2 Å². The van der Waals surface area contributed by atoms with Crippen LogP contribution in [0.4, 0.5) is 0 Å². The summed E-state index contributed by atoms with van der Waals surface area (Å²) in [6.45, 7) is 11.3. The fourth-order valence-electron chi connectivity index (χ4n) is 6.00. The second-order valence-corrected chi connectivity index (χ2v) is 12.1. The van der Waals surface area contributed by atoms with Crippen molar-refractivity contribution >= 4 is 23.2 Å². The van der Waals surface area contributed by atoms with Gasteiger partial charge < -0.3 is 31.5 Å². The van der Waals surface area contributed by atoms with Crippen LogP contribution in [0.3, 0.4) is 0 Å². The monoisotopic (exact) mass is 512 g/mol. The van der Waals surface area contributed by atoms with E-state index < -0.39 is 52.0 Å². The van der Waals surface area contributed by atoms with Crippen molar-refractivity contribution < 1.29 is 34.8 Å². The van der Waals surface area contributed by atoms with Crippen LogP contribution in [0.15, 0.2) is 23.0 Å². The van der Waals surface area contributed by atoms with Crippen LogP contribution < -0.4 is 11.1 Å². The van der Waals surface area contributed by atoms with Crippen LogP contribution in [-0.4, -0.2) is 50.0 Å². The Labute approximate surface area is 216 Å². The van der Waals surface area contributed by atoms with Gasteiger partial charge in [0.2, 0.25) is 5.78 Å². The summed E-state index contributed by atoms with van der Waals surface area (Å²) in [4.78, 5) is 38.0. The molecule has 0 aromatic heterocycles. The minimum atomic E-state index is -2.56. The first kappa shape index (κ1) is 26.9. The number of phenols is 1. The predicted octanol–water partition coefficient (Wildman–Crippen LogP) is 2.68. The molecule has 0 unspecified atom stereocenters.